The number of morpholine rings is 1. The van der Waals surface area contributed by atoms with Crippen LogP contribution in [0, 0.1) is 6.92 Å². The highest BCUT2D eigenvalue weighted by atomic mass is 32.1. The Morgan fingerprint density at radius 3 is 3.05 bits per heavy atom. The van der Waals surface area contributed by atoms with Crippen LogP contribution in [0.15, 0.2) is 17.6 Å². The molecule has 2 atom stereocenters. The lowest BCUT2D eigenvalue weighted by atomic mass is 10.2. The Morgan fingerprint density at radius 2 is 2.33 bits per heavy atom. The number of hydrogen-bond donors (Lipinski definition) is 1. The second kappa shape index (κ2) is 5.61. The zero-order chi connectivity index (χ0) is 15.0. The normalized spacial score (nSPS) is 22.5. The summed E-state index contributed by atoms with van der Waals surface area (Å²) >= 11 is 1.61. The average Bonchev–Trinajstić information content (AvgIpc) is 3.09. The summed E-state index contributed by atoms with van der Waals surface area (Å²) in [5.74, 6) is 0.0239. The summed E-state index contributed by atoms with van der Waals surface area (Å²) in [4.78, 5) is 22.0. The molecule has 1 amide bonds. The molecule has 6 heteroatoms. The topological polar surface area (TPSA) is 58.2 Å². The first-order chi connectivity index (χ1) is 10.0. The zero-order valence-corrected chi connectivity index (χ0v) is 13.2. The van der Waals surface area contributed by atoms with Crippen molar-refractivity contribution in [2.75, 3.05) is 13.2 Å². The summed E-state index contributed by atoms with van der Waals surface area (Å²) in [6.45, 7) is 7.20. The van der Waals surface area contributed by atoms with Gasteiger partial charge in [-0.05, 0) is 26.8 Å². The average molecular weight is 305 g/mol. The van der Waals surface area contributed by atoms with Crippen molar-refractivity contribution in [1.82, 2.24) is 14.9 Å². The monoisotopic (exact) mass is 305 g/mol. The summed E-state index contributed by atoms with van der Waals surface area (Å²) in [7, 11) is 0. The van der Waals surface area contributed by atoms with Crippen LogP contribution in [0.4, 0.5) is 0 Å². The van der Waals surface area contributed by atoms with Crippen LogP contribution >= 0.6 is 11.3 Å². The van der Waals surface area contributed by atoms with Gasteiger partial charge in [0.15, 0.2) is 0 Å². The van der Waals surface area contributed by atoms with Crippen molar-refractivity contribution in [2.45, 2.75) is 32.9 Å². The molecule has 2 aromatic rings. The molecule has 0 radical (unpaired) electrons. The zero-order valence-electron chi connectivity index (χ0n) is 12.4. The minimum atomic E-state index is 0.0239. The Labute approximate surface area is 128 Å². The van der Waals surface area contributed by atoms with E-state index in [0.29, 0.717) is 18.8 Å². The first-order valence-electron chi connectivity index (χ1n) is 7.08. The first kappa shape index (κ1) is 14.3. The molecular weight excluding hydrogens is 286 g/mol. The highest BCUT2D eigenvalue weighted by molar-refractivity contribution is 7.09. The molecule has 0 unspecified atom stereocenters. The molecule has 3 rings (SSSR count). The van der Waals surface area contributed by atoms with E-state index in [9.17, 15) is 4.79 Å². The number of ether oxygens (including phenoxy) is 1. The Balaban J connectivity index is 1.80. The molecule has 5 nitrogen and oxygen atoms in total. The molecule has 0 aromatic carbocycles. The smallest absolute Gasteiger partial charge is 0.270 e. The molecule has 0 spiro atoms. The van der Waals surface area contributed by atoms with Crippen LogP contribution in [0.3, 0.4) is 0 Å². The lowest BCUT2D eigenvalue weighted by Crippen LogP contribution is -2.50. The molecule has 0 saturated carbocycles. The van der Waals surface area contributed by atoms with Crippen molar-refractivity contribution in [3.63, 3.8) is 0 Å². The predicted octanol–water partition coefficient (Wildman–Crippen LogP) is 2.70. The molecule has 0 aliphatic carbocycles. The van der Waals surface area contributed by atoms with E-state index in [-0.39, 0.29) is 18.1 Å². The third kappa shape index (κ3) is 2.87. The maximum absolute atomic E-state index is 12.6. The van der Waals surface area contributed by atoms with Crippen molar-refractivity contribution in [3.05, 3.63) is 28.3 Å². The van der Waals surface area contributed by atoms with E-state index in [2.05, 4.69) is 9.97 Å². The molecule has 1 aliphatic heterocycles. The van der Waals surface area contributed by atoms with Crippen molar-refractivity contribution >= 4 is 17.2 Å². The van der Waals surface area contributed by atoms with E-state index in [1.165, 1.54) is 0 Å². The van der Waals surface area contributed by atoms with Crippen LogP contribution in [-0.2, 0) is 4.74 Å². The van der Waals surface area contributed by atoms with E-state index in [0.717, 1.165) is 16.3 Å². The fraction of sp³-hybridized carbons (Fsp3) is 0.467. The number of thiazole rings is 1. The first-order valence-corrected chi connectivity index (χ1v) is 7.96. The van der Waals surface area contributed by atoms with Gasteiger partial charge in [-0.1, -0.05) is 0 Å². The number of carbonyl (C=O) groups excluding carboxylic acids is 1. The van der Waals surface area contributed by atoms with Gasteiger partial charge in [0, 0.05) is 23.7 Å². The van der Waals surface area contributed by atoms with Gasteiger partial charge >= 0.3 is 0 Å². The summed E-state index contributed by atoms with van der Waals surface area (Å²) in [5, 5.41) is 3.03. The number of hydrogen-bond acceptors (Lipinski definition) is 4. The third-order valence-electron chi connectivity index (χ3n) is 3.70. The van der Waals surface area contributed by atoms with Gasteiger partial charge in [0.2, 0.25) is 0 Å². The van der Waals surface area contributed by atoms with Gasteiger partial charge in [-0.3, -0.25) is 4.79 Å². The van der Waals surface area contributed by atoms with Gasteiger partial charge in [-0.25, -0.2) is 4.98 Å². The second-order valence-corrected chi connectivity index (χ2v) is 6.57. The number of H-pyrrole nitrogens is 1. The van der Waals surface area contributed by atoms with Crippen LogP contribution in [-0.4, -0.2) is 46.1 Å². The van der Waals surface area contributed by atoms with Crippen LogP contribution in [0.25, 0.3) is 11.3 Å². The number of carbonyl (C=O) groups is 1. The highest BCUT2D eigenvalue weighted by Crippen LogP contribution is 2.23. The van der Waals surface area contributed by atoms with Gasteiger partial charge in [0.1, 0.15) is 5.69 Å². The quantitative estimate of drug-likeness (QED) is 0.928. The molecular formula is C15H19N3O2S. The number of rotatable bonds is 2. The van der Waals surface area contributed by atoms with Gasteiger partial charge in [-0.2, -0.15) is 0 Å². The number of amides is 1. The molecule has 1 N–H and O–H groups in total. The van der Waals surface area contributed by atoms with Crippen molar-refractivity contribution in [3.8, 4) is 11.3 Å². The highest BCUT2D eigenvalue weighted by Gasteiger charge is 2.29. The van der Waals surface area contributed by atoms with Crippen molar-refractivity contribution in [2.24, 2.45) is 0 Å². The Bertz CT molecular complexity index is 649. The SMILES string of the molecule is Cc1nc(-c2c[nH]c(C(=O)N3C[C@H](C)OC[C@H]3C)c2)cs1. The standard InChI is InChI=1S/C15H19N3O2S/c1-9-7-20-10(2)6-18(9)15(19)13-4-12(5-16-13)14-8-21-11(3)17-14/h4-5,8-10,16H,6-7H2,1-3H3/t9-,10+/m1/s1. The van der Waals surface area contributed by atoms with Crippen LogP contribution in [0.1, 0.15) is 29.3 Å². The molecule has 2 aromatic heterocycles. The van der Waals surface area contributed by atoms with Crippen LogP contribution in [0.2, 0.25) is 0 Å². The minimum Gasteiger partial charge on any atom is -0.375 e. The molecule has 1 aliphatic rings. The van der Waals surface area contributed by atoms with E-state index in [1.54, 1.807) is 11.3 Å². The number of nitrogens with one attached hydrogen (secondary N) is 1. The molecule has 1 fully saturated rings. The minimum absolute atomic E-state index is 0.0239. The summed E-state index contributed by atoms with van der Waals surface area (Å²) < 4.78 is 5.57. The van der Waals surface area contributed by atoms with Crippen molar-refractivity contribution in [1.29, 1.82) is 0 Å². The predicted molar refractivity (Wildman–Crippen MR) is 82.6 cm³/mol. The molecule has 21 heavy (non-hydrogen) atoms. The van der Waals surface area contributed by atoms with Gasteiger partial charge in [-0.15, -0.1) is 11.3 Å². The lowest BCUT2D eigenvalue weighted by Gasteiger charge is -2.36. The van der Waals surface area contributed by atoms with Crippen LogP contribution in [0.5, 0.6) is 0 Å². The van der Waals surface area contributed by atoms with Gasteiger partial charge < -0.3 is 14.6 Å². The van der Waals surface area contributed by atoms with Crippen molar-refractivity contribution < 1.29 is 9.53 Å². The van der Waals surface area contributed by atoms with E-state index in [4.69, 9.17) is 4.74 Å². The fourth-order valence-electron chi connectivity index (χ4n) is 2.50. The van der Waals surface area contributed by atoms with Gasteiger partial charge in [0.25, 0.3) is 5.91 Å². The molecule has 1 saturated heterocycles. The molecule has 112 valence electrons. The molecule has 3 heterocycles. The number of aromatic nitrogens is 2. The Kier molecular flexibility index (Phi) is 3.82. The lowest BCUT2D eigenvalue weighted by molar-refractivity contribution is -0.0388. The number of aryl methyl sites for hydroxylation is 1. The number of nitrogens with zero attached hydrogens (tertiary/aromatic N) is 2. The maximum Gasteiger partial charge on any atom is 0.270 e. The summed E-state index contributed by atoms with van der Waals surface area (Å²) in [6, 6.07) is 1.98. The summed E-state index contributed by atoms with van der Waals surface area (Å²) in [5.41, 5.74) is 2.48. The third-order valence-corrected chi connectivity index (χ3v) is 4.47. The fourth-order valence-corrected chi connectivity index (χ4v) is 3.12. The maximum atomic E-state index is 12.6. The van der Waals surface area contributed by atoms with E-state index < -0.39 is 0 Å². The Hall–Kier alpha value is -1.66. The second-order valence-electron chi connectivity index (χ2n) is 5.50. The largest absolute Gasteiger partial charge is 0.375 e. The Morgan fingerprint density at radius 1 is 1.52 bits per heavy atom. The van der Waals surface area contributed by atoms with E-state index >= 15 is 0 Å². The van der Waals surface area contributed by atoms with Gasteiger partial charge in [0.05, 0.1) is 29.5 Å². The number of aromatic amines is 1. The summed E-state index contributed by atoms with van der Waals surface area (Å²) in [6.07, 6.45) is 1.93. The van der Waals surface area contributed by atoms with Crippen LogP contribution < -0.4 is 0 Å². The molecule has 0 bridgehead atoms. The van der Waals surface area contributed by atoms with E-state index in [1.807, 2.05) is 43.3 Å².